The molecule has 6 heteroatoms. The van der Waals surface area contributed by atoms with Crippen molar-refractivity contribution in [1.29, 1.82) is 0 Å². The minimum Gasteiger partial charge on any atom is -0.327 e. The molecular formula is C21H16ClFN4. The Morgan fingerprint density at radius 3 is 2.74 bits per heavy atom. The highest BCUT2D eigenvalue weighted by molar-refractivity contribution is 6.34. The standard InChI is InChI=1S/C21H16ClFN4/c1-12-15(23)6-5-14(19(12)22)20-21(27-10-2-3-18(27)26-20)13-4-7-16-17(11-13)25-9-8-24-16/h4-9,11H,2-3,10H2,1H3. The SMILES string of the molecule is Cc1c(F)ccc(-c2nc3n(c2-c2ccc4nccnc4c2)CCC3)c1Cl. The van der Waals surface area contributed by atoms with Gasteiger partial charge in [0.1, 0.15) is 11.6 Å². The van der Waals surface area contributed by atoms with Crippen LogP contribution in [0.4, 0.5) is 4.39 Å². The molecule has 4 aromatic rings. The zero-order valence-electron chi connectivity index (χ0n) is 14.7. The molecule has 134 valence electrons. The molecule has 0 unspecified atom stereocenters. The summed E-state index contributed by atoms with van der Waals surface area (Å²) in [6.45, 7) is 2.60. The van der Waals surface area contributed by atoms with E-state index in [1.54, 1.807) is 25.4 Å². The van der Waals surface area contributed by atoms with Crippen molar-refractivity contribution < 1.29 is 4.39 Å². The molecule has 0 saturated carbocycles. The van der Waals surface area contributed by atoms with Gasteiger partial charge in [-0.3, -0.25) is 9.97 Å². The number of nitrogens with zero attached hydrogens (tertiary/aromatic N) is 4. The Bertz CT molecular complexity index is 1200. The lowest BCUT2D eigenvalue weighted by atomic mass is 10.0. The number of hydrogen-bond donors (Lipinski definition) is 0. The Balaban J connectivity index is 1.78. The molecule has 5 rings (SSSR count). The second-order valence-electron chi connectivity index (χ2n) is 6.77. The highest BCUT2D eigenvalue weighted by Crippen LogP contribution is 2.40. The van der Waals surface area contributed by atoms with Crippen LogP contribution < -0.4 is 0 Å². The van der Waals surface area contributed by atoms with Gasteiger partial charge < -0.3 is 4.57 Å². The van der Waals surface area contributed by atoms with Gasteiger partial charge in [-0.15, -0.1) is 0 Å². The third-order valence-corrected chi connectivity index (χ3v) is 5.63. The van der Waals surface area contributed by atoms with Crippen LogP contribution in [-0.2, 0) is 13.0 Å². The van der Waals surface area contributed by atoms with Gasteiger partial charge in [-0.1, -0.05) is 17.7 Å². The fraction of sp³-hybridized carbons (Fsp3) is 0.190. The van der Waals surface area contributed by atoms with Crippen molar-refractivity contribution in [2.75, 3.05) is 0 Å². The molecule has 4 nitrogen and oxygen atoms in total. The smallest absolute Gasteiger partial charge is 0.127 e. The average molecular weight is 379 g/mol. The topological polar surface area (TPSA) is 43.6 Å². The van der Waals surface area contributed by atoms with E-state index in [4.69, 9.17) is 16.6 Å². The van der Waals surface area contributed by atoms with E-state index in [1.807, 2.05) is 18.2 Å². The third-order valence-electron chi connectivity index (χ3n) is 5.15. The van der Waals surface area contributed by atoms with E-state index in [2.05, 4.69) is 14.5 Å². The number of benzene rings is 2. The summed E-state index contributed by atoms with van der Waals surface area (Å²) in [6, 6.07) is 9.20. The second kappa shape index (κ2) is 6.13. The Morgan fingerprint density at radius 1 is 1.07 bits per heavy atom. The van der Waals surface area contributed by atoms with Gasteiger partial charge in [0.15, 0.2) is 0 Å². The molecule has 2 aromatic carbocycles. The monoisotopic (exact) mass is 378 g/mol. The molecule has 0 N–H and O–H groups in total. The quantitative estimate of drug-likeness (QED) is 0.481. The van der Waals surface area contributed by atoms with Gasteiger partial charge in [0.25, 0.3) is 0 Å². The van der Waals surface area contributed by atoms with Gasteiger partial charge >= 0.3 is 0 Å². The normalized spacial score (nSPS) is 13.3. The average Bonchev–Trinajstić information content (AvgIpc) is 3.27. The van der Waals surface area contributed by atoms with Crippen LogP contribution in [0.1, 0.15) is 17.8 Å². The minimum absolute atomic E-state index is 0.307. The molecule has 2 aromatic heterocycles. The number of aryl methyl sites for hydroxylation is 1. The zero-order chi connectivity index (χ0) is 18.5. The van der Waals surface area contributed by atoms with Crippen molar-refractivity contribution in [3.63, 3.8) is 0 Å². The molecule has 1 aliphatic heterocycles. The van der Waals surface area contributed by atoms with Crippen LogP contribution in [0.5, 0.6) is 0 Å². The molecule has 27 heavy (non-hydrogen) atoms. The lowest BCUT2D eigenvalue weighted by Crippen LogP contribution is -1.97. The van der Waals surface area contributed by atoms with Crippen molar-refractivity contribution in [3.8, 4) is 22.5 Å². The summed E-state index contributed by atoms with van der Waals surface area (Å²) in [5, 5.41) is 0.411. The molecule has 1 aliphatic rings. The summed E-state index contributed by atoms with van der Waals surface area (Å²) in [5.74, 6) is 0.732. The van der Waals surface area contributed by atoms with Crippen molar-refractivity contribution in [2.45, 2.75) is 26.3 Å². The number of rotatable bonds is 2. The summed E-state index contributed by atoms with van der Waals surface area (Å²) in [5.41, 5.74) is 5.68. The highest BCUT2D eigenvalue weighted by atomic mass is 35.5. The first-order valence-corrected chi connectivity index (χ1v) is 9.27. The summed E-state index contributed by atoms with van der Waals surface area (Å²) in [4.78, 5) is 13.6. The van der Waals surface area contributed by atoms with Crippen LogP contribution in [0.15, 0.2) is 42.7 Å². The molecule has 0 bridgehead atoms. The fourth-order valence-electron chi connectivity index (χ4n) is 3.76. The summed E-state index contributed by atoms with van der Waals surface area (Å²) < 4.78 is 16.1. The van der Waals surface area contributed by atoms with Gasteiger partial charge in [0.05, 0.1) is 27.4 Å². The van der Waals surface area contributed by atoms with E-state index in [1.165, 1.54) is 6.07 Å². The van der Waals surface area contributed by atoms with Crippen LogP contribution in [0.25, 0.3) is 33.5 Å². The fourth-order valence-corrected chi connectivity index (χ4v) is 4.00. The zero-order valence-corrected chi connectivity index (χ0v) is 15.5. The number of halogens is 2. The maximum atomic E-state index is 13.9. The molecule has 0 radical (unpaired) electrons. The largest absolute Gasteiger partial charge is 0.327 e. The molecule has 0 fully saturated rings. The van der Waals surface area contributed by atoms with E-state index in [-0.39, 0.29) is 5.82 Å². The Hall–Kier alpha value is -2.79. The van der Waals surface area contributed by atoms with Gasteiger partial charge in [0, 0.05) is 42.0 Å². The third kappa shape index (κ3) is 2.53. The predicted molar refractivity (Wildman–Crippen MR) is 104 cm³/mol. The van der Waals surface area contributed by atoms with Gasteiger partial charge in [0.2, 0.25) is 0 Å². The predicted octanol–water partition coefficient (Wildman–Crippen LogP) is 5.21. The lowest BCUT2D eigenvalue weighted by Gasteiger charge is -2.11. The first kappa shape index (κ1) is 16.4. The second-order valence-corrected chi connectivity index (χ2v) is 7.15. The maximum Gasteiger partial charge on any atom is 0.127 e. The van der Waals surface area contributed by atoms with Crippen molar-refractivity contribution in [3.05, 3.63) is 65.0 Å². The van der Waals surface area contributed by atoms with Crippen LogP contribution >= 0.6 is 11.6 Å². The summed E-state index contributed by atoms with van der Waals surface area (Å²) >= 11 is 6.50. The molecule has 0 amide bonds. The number of fused-ring (bicyclic) bond motifs is 2. The Morgan fingerprint density at radius 2 is 1.89 bits per heavy atom. The first-order chi connectivity index (χ1) is 13.1. The molecule has 0 aliphatic carbocycles. The summed E-state index contributed by atoms with van der Waals surface area (Å²) in [7, 11) is 0. The summed E-state index contributed by atoms with van der Waals surface area (Å²) in [6.07, 6.45) is 5.37. The number of hydrogen-bond acceptors (Lipinski definition) is 3. The van der Waals surface area contributed by atoms with E-state index >= 15 is 0 Å². The van der Waals surface area contributed by atoms with Crippen molar-refractivity contribution >= 4 is 22.6 Å². The molecule has 0 saturated heterocycles. The number of aromatic nitrogens is 4. The maximum absolute atomic E-state index is 13.9. The van der Waals surface area contributed by atoms with E-state index in [0.29, 0.717) is 10.6 Å². The molecule has 3 heterocycles. The van der Waals surface area contributed by atoms with E-state index in [0.717, 1.165) is 58.8 Å². The number of imidazole rings is 1. The van der Waals surface area contributed by atoms with Crippen molar-refractivity contribution in [2.24, 2.45) is 0 Å². The Kier molecular flexibility index (Phi) is 3.72. The van der Waals surface area contributed by atoms with Crippen LogP contribution in [0, 0.1) is 12.7 Å². The lowest BCUT2D eigenvalue weighted by molar-refractivity contribution is 0.619. The molecule has 0 spiro atoms. The molecule has 0 atom stereocenters. The van der Waals surface area contributed by atoms with E-state index < -0.39 is 0 Å². The van der Waals surface area contributed by atoms with E-state index in [9.17, 15) is 4.39 Å². The Labute approximate surface area is 160 Å². The van der Waals surface area contributed by atoms with Gasteiger partial charge in [-0.25, -0.2) is 9.37 Å². The van der Waals surface area contributed by atoms with Crippen LogP contribution in [0.3, 0.4) is 0 Å². The molecular weight excluding hydrogens is 363 g/mol. The first-order valence-electron chi connectivity index (χ1n) is 8.89. The van der Waals surface area contributed by atoms with Gasteiger partial charge in [-0.2, -0.15) is 0 Å². The van der Waals surface area contributed by atoms with Crippen LogP contribution in [-0.4, -0.2) is 19.5 Å². The van der Waals surface area contributed by atoms with Crippen LogP contribution in [0.2, 0.25) is 5.02 Å². The van der Waals surface area contributed by atoms with Crippen molar-refractivity contribution in [1.82, 2.24) is 19.5 Å². The van der Waals surface area contributed by atoms with Gasteiger partial charge in [-0.05, 0) is 37.6 Å². The minimum atomic E-state index is -0.307. The highest BCUT2D eigenvalue weighted by Gasteiger charge is 2.25.